The van der Waals surface area contributed by atoms with Gasteiger partial charge in [-0.2, -0.15) is 0 Å². The van der Waals surface area contributed by atoms with E-state index in [0.717, 1.165) is 51.6 Å². The first-order chi connectivity index (χ1) is 38.7. The minimum atomic E-state index is -0.184. The lowest BCUT2D eigenvalue weighted by Gasteiger charge is -2.46. The second kappa shape index (κ2) is 18.1. The monoisotopic (exact) mass is 1050 g/mol. The topological polar surface area (TPSA) is 24.6 Å². The molecule has 11 aromatic rings. The van der Waals surface area contributed by atoms with Crippen molar-refractivity contribution in [2.24, 2.45) is 0 Å². The first kappa shape index (κ1) is 50.9. The average Bonchev–Trinajstić information content (AvgIpc) is 3.09. The van der Waals surface area contributed by atoms with Crippen LogP contribution in [0.2, 0.25) is 0 Å². The maximum absolute atomic E-state index is 6.69. The van der Waals surface area contributed by atoms with Gasteiger partial charge >= 0.3 is 0 Å². The van der Waals surface area contributed by atoms with Crippen LogP contribution in [0.3, 0.4) is 0 Å². The third-order valence-electron chi connectivity index (χ3n) is 18.0. The molecular weight excluding hydrogens is 982 g/mol. The van der Waals surface area contributed by atoms with Crippen molar-refractivity contribution in [3.8, 4) is 16.8 Å². The number of rotatable bonds is 5. The van der Waals surface area contributed by atoms with Crippen molar-refractivity contribution in [1.29, 1.82) is 0 Å². The summed E-state index contributed by atoms with van der Waals surface area (Å²) in [6, 6.07) is 60.6. The predicted octanol–water partition coefficient (Wildman–Crippen LogP) is 19.3. The van der Waals surface area contributed by atoms with Gasteiger partial charge in [-0.05, 0) is 208 Å². The summed E-state index contributed by atoms with van der Waals surface area (Å²) >= 11 is 0. The van der Waals surface area contributed by atoms with Gasteiger partial charge in [-0.1, -0.05) is 159 Å². The molecule has 0 amide bonds. The molecule has 2 aromatic heterocycles. The van der Waals surface area contributed by atoms with Gasteiger partial charge < -0.3 is 18.8 Å². The molecule has 4 nitrogen and oxygen atoms in total. The lowest BCUT2D eigenvalue weighted by molar-refractivity contribution is 0.590. The lowest BCUT2D eigenvalue weighted by atomic mass is 9.33. The Morgan fingerprint density at radius 3 is 1.68 bits per heavy atom. The van der Waals surface area contributed by atoms with Crippen LogP contribution in [0.15, 0.2) is 180 Å². The summed E-state index contributed by atoms with van der Waals surface area (Å²) in [5.74, 6) is 0. The van der Waals surface area contributed by atoms with Gasteiger partial charge in [0.1, 0.15) is 11.2 Å². The quantitative estimate of drug-likeness (QED) is 0.161. The summed E-state index contributed by atoms with van der Waals surface area (Å²) in [6.45, 7) is 30.5. The van der Waals surface area contributed by atoms with Crippen molar-refractivity contribution in [2.45, 2.75) is 119 Å². The summed E-state index contributed by atoms with van der Waals surface area (Å²) in [7, 11) is 0. The van der Waals surface area contributed by atoms with E-state index in [1.165, 1.54) is 122 Å². The van der Waals surface area contributed by atoms with E-state index < -0.39 is 0 Å². The van der Waals surface area contributed by atoms with Crippen LogP contribution >= 0.6 is 0 Å². The SMILES string of the molecule is Cc1cc(-c2cccc3c2oc2ccccc23)cc(C)c1N1c2ccc(C(C)(C)C)cc2B2c3cc4c5cc(C(C)(C)C)ccc5n(-c5ccccc5)c4cc3N(c3c(C)cc(C4=CCCC=C4)cc3C)c3cc(C(C)(C)C)cc1c32. The van der Waals surface area contributed by atoms with Crippen molar-refractivity contribution in [3.63, 3.8) is 0 Å². The summed E-state index contributed by atoms with van der Waals surface area (Å²) < 4.78 is 9.21. The molecule has 0 atom stereocenters. The Kier molecular flexibility index (Phi) is 11.4. The highest BCUT2D eigenvalue weighted by Gasteiger charge is 2.46. The third kappa shape index (κ3) is 8.00. The molecule has 4 heterocycles. The van der Waals surface area contributed by atoms with Crippen LogP contribution in [-0.4, -0.2) is 11.3 Å². The predicted molar refractivity (Wildman–Crippen MR) is 349 cm³/mol. The molecule has 0 saturated carbocycles. The van der Waals surface area contributed by atoms with E-state index in [2.05, 4.69) is 280 Å². The molecular formula is C76H72BN3O. The first-order valence-corrected chi connectivity index (χ1v) is 29.3. The zero-order chi connectivity index (χ0) is 56.2. The number of hydrogen-bond donors (Lipinski definition) is 0. The van der Waals surface area contributed by atoms with Crippen molar-refractivity contribution in [2.75, 3.05) is 9.80 Å². The number of nitrogens with zero attached hydrogens (tertiary/aromatic N) is 3. The molecule has 0 unspecified atom stereocenters. The van der Waals surface area contributed by atoms with E-state index in [9.17, 15) is 0 Å². The minimum Gasteiger partial charge on any atom is -0.455 e. The Morgan fingerprint density at radius 1 is 0.444 bits per heavy atom. The highest BCUT2D eigenvalue weighted by Crippen LogP contribution is 2.51. The largest absolute Gasteiger partial charge is 0.455 e. The molecule has 5 heteroatoms. The molecule has 2 aliphatic heterocycles. The van der Waals surface area contributed by atoms with E-state index in [1.807, 2.05) is 0 Å². The van der Waals surface area contributed by atoms with Crippen LogP contribution in [0.1, 0.15) is 120 Å². The molecule has 0 spiro atoms. The Morgan fingerprint density at radius 2 is 1.02 bits per heavy atom. The normalized spacial score (nSPS) is 14.3. The van der Waals surface area contributed by atoms with Crippen LogP contribution in [0.5, 0.6) is 0 Å². The molecule has 400 valence electrons. The van der Waals surface area contributed by atoms with E-state index in [0.29, 0.717) is 0 Å². The van der Waals surface area contributed by atoms with Crippen molar-refractivity contribution < 1.29 is 4.42 Å². The molecule has 81 heavy (non-hydrogen) atoms. The molecule has 0 fully saturated rings. The van der Waals surface area contributed by atoms with Gasteiger partial charge in [-0.3, -0.25) is 0 Å². The average molecular weight is 1050 g/mol. The summed E-state index contributed by atoms with van der Waals surface area (Å²) in [5, 5.41) is 4.83. The molecule has 1 aliphatic carbocycles. The highest BCUT2D eigenvalue weighted by molar-refractivity contribution is 7.00. The van der Waals surface area contributed by atoms with E-state index in [1.54, 1.807) is 0 Å². The van der Waals surface area contributed by atoms with Crippen LogP contribution in [-0.2, 0) is 16.2 Å². The Labute approximate surface area is 479 Å². The van der Waals surface area contributed by atoms with Crippen LogP contribution < -0.4 is 26.2 Å². The Balaban J connectivity index is 1.10. The number of hydrogen-bond acceptors (Lipinski definition) is 3. The number of fused-ring (bicyclic) bond motifs is 10. The van der Waals surface area contributed by atoms with Crippen LogP contribution in [0.25, 0.3) is 66.1 Å². The van der Waals surface area contributed by atoms with Crippen molar-refractivity contribution in [3.05, 3.63) is 220 Å². The summed E-state index contributed by atoms with van der Waals surface area (Å²) in [5.41, 5.74) is 30.2. The number of allylic oxidation sites excluding steroid dienone is 4. The van der Waals surface area contributed by atoms with Gasteiger partial charge in [0.15, 0.2) is 0 Å². The van der Waals surface area contributed by atoms with E-state index >= 15 is 0 Å². The minimum absolute atomic E-state index is 0.0337. The van der Waals surface area contributed by atoms with Crippen molar-refractivity contribution in [1.82, 2.24) is 4.57 Å². The molecule has 0 radical (unpaired) electrons. The van der Waals surface area contributed by atoms with Gasteiger partial charge in [-0.25, -0.2) is 0 Å². The van der Waals surface area contributed by atoms with Gasteiger partial charge in [0.05, 0.1) is 22.4 Å². The fourth-order valence-corrected chi connectivity index (χ4v) is 14.0. The van der Waals surface area contributed by atoms with Gasteiger partial charge in [0, 0.05) is 55.5 Å². The second-order valence-electron chi connectivity index (χ2n) is 26.7. The molecule has 0 N–H and O–H groups in total. The van der Waals surface area contributed by atoms with E-state index in [-0.39, 0.29) is 23.0 Å². The number of aromatic nitrogens is 1. The zero-order valence-electron chi connectivity index (χ0n) is 49.5. The molecule has 0 bridgehead atoms. The fraction of sp³-hybridized carbons (Fsp3) is 0.237. The second-order valence-corrected chi connectivity index (χ2v) is 26.7. The number of para-hydroxylation sites is 3. The number of furan rings is 1. The first-order valence-electron chi connectivity index (χ1n) is 29.3. The Bertz CT molecular complexity index is 4470. The molecule has 0 saturated heterocycles. The maximum atomic E-state index is 6.69. The van der Waals surface area contributed by atoms with Crippen LogP contribution in [0.4, 0.5) is 34.1 Å². The van der Waals surface area contributed by atoms with E-state index in [4.69, 9.17) is 4.42 Å². The standard InChI is InChI=1S/C76H72BN3O/c1-45-35-50(49-23-16-14-17-24-49)36-46(2)72(45)80-66-44-65-60(59-39-52(74(5,6)7)31-33-63(59)78(65)55-25-18-15-19-26-55)43-62(66)77-61-40-53(75(8,9)10)32-34-64(61)79(67-41-54(76(11,12)13)42-68(80)70(67)77)71-47(3)37-51(38-48(71)4)56-28-22-29-58-57-27-20-21-30-69(57)81-73(56)58/h15-16,18-44H,14,17H2,1-13H3. The number of aryl methyl sites for hydroxylation is 4. The smallest absolute Gasteiger partial charge is 0.252 e. The van der Waals surface area contributed by atoms with Gasteiger partial charge in [0.2, 0.25) is 0 Å². The van der Waals surface area contributed by atoms with Crippen molar-refractivity contribution >= 4 is 107 Å². The molecule has 14 rings (SSSR count). The zero-order valence-corrected chi connectivity index (χ0v) is 49.5. The lowest BCUT2D eigenvalue weighted by Crippen LogP contribution is -2.61. The van der Waals surface area contributed by atoms with Gasteiger partial charge in [-0.15, -0.1) is 0 Å². The molecule has 9 aromatic carbocycles. The number of benzene rings is 9. The van der Waals surface area contributed by atoms with Crippen LogP contribution in [0, 0.1) is 27.7 Å². The summed E-state index contributed by atoms with van der Waals surface area (Å²) in [4.78, 5) is 5.35. The number of anilines is 6. The van der Waals surface area contributed by atoms with Gasteiger partial charge in [0.25, 0.3) is 6.71 Å². The maximum Gasteiger partial charge on any atom is 0.252 e. The fourth-order valence-electron chi connectivity index (χ4n) is 14.0. The summed E-state index contributed by atoms with van der Waals surface area (Å²) in [6.07, 6.45) is 9.21. The Hall–Kier alpha value is -8.28. The molecule has 3 aliphatic rings. The third-order valence-corrected chi connectivity index (χ3v) is 18.0. The highest BCUT2D eigenvalue weighted by atomic mass is 16.3.